The number of hydrogen-bond donors (Lipinski definition) is 1. The molecule has 1 saturated heterocycles. The molecule has 1 aliphatic rings. The molecule has 0 spiro atoms. The first-order chi connectivity index (χ1) is 9.15. The summed E-state index contributed by atoms with van der Waals surface area (Å²) >= 11 is 0. The third kappa shape index (κ3) is 4.05. The fourth-order valence-electron chi connectivity index (χ4n) is 2.15. The fourth-order valence-corrected chi connectivity index (χ4v) is 2.15. The third-order valence-corrected chi connectivity index (χ3v) is 3.11. The highest BCUT2D eigenvalue weighted by atomic mass is 19.1. The van der Waals surface area contributed by atoms with E-state index in [9.17, 15) is 14.0 Å². The van der Waals surface area contributed by atoms with E-state index in [4.69, 9.17) is 0 Å². The average Bonchev–Trinajstić information content (AvgIpc) is 2.55. The number of benzene rings is 1. The number of carbonyl (C=O) groups excluding carboxylic acids is 2. The summed E-state index contributed by atoms with van der Waals surface area (Å²) in [6.07, 6.45) is 3.35. The molecule has 0 bridgehead atoms. The van der Waals surface area contributed by atoms with Gasteiger partial charge in [0.1, 0.15) is 5.82 Å². The van der Waals surface area contributed by atoms with E-state index in [1.807, 2.05) is 0 Å². The van der Waals surface area contributed by atoms with Gasteiger partial charge in [-0.15, -0.1) is 0 Å². The summed E-state index contributed by atoms with van der Waals surface area (Å²) < 4.78 is 13.0. The van der Waals surface area contributed by atoms with E-state index in [0.717, 1.165) is 19.3 Å². The van der Waals surface area contributed by atoms with Gasteiger partial charge >= 0.3 is 0 Å². The first-order valence-electron chi connectivity index (χ1n) is 6.48. The van der Waals surface area contributed by atoms with Crippen LogP contribution >= 0.6 is 0 Å². The van der Waals surface area contributed by atoms with Gasteiger partial charge in [0.15, 0.2) is 0 Å². The molecule has 1 heterocycles. The van der Waals surface area contributed by atoms with Crippen molar-refractivity contribution in [3.8, 4) is 0 Å². The van der Waals surface area contributed by atoms with Gasteiger partial charge in [0.2, 0.25) is 11.8 Å². The molecular weight excluding hydrogens is 247 g/mol. The fraction of sp³-hybridized carbons (Fsp3) is 0.429. The summed E-state index contributed by atoms with van der Waals surface area (Å²) in [6, 6.07) is 5.71. The maximum absolute atomic E-state index is 13.0. The Kier molecular flexibility index (Phi) is 4.49. The van der Waals surface area contributed by atoms with Crippen molar-refractivity contribution < 1.29 is 14.0 Å². The normalized spacial score (nSPS) is 16.1. The maximum atomic E-state index is 13.0. The zero-order chi connectivity index (χ0) is 13.7. The maximum Gasteiger partial charge on any atom is 0.243 e. The first-order valence-corrected chi connectivity index (χ1v) is 6.48. The number of nitrogens with zero attached hydrogens (tertiary/aromatic N) is 1. The lowest BCUT2D eigenvalue weighted by Gasteiger charge is -2.19. The molecule has 102 valence electrons. The molecule has 4 nitrogen and oxygen atoms in total. The Morgan fingerprint density at radius 1 is 1.32 bits per heavy atom. The summed E-state index contributed by atoms with van der Waals surface area (Å²) in [5, 5.41) is 2.60. The lowest BCUT2D eigenvalue weighted by Crippen LogP contribution is -2.37. The van der Waals surface area contributed by atoms with Crippen molar-refractivity contribution in [2.24, 2.45) is 0 Å². The van der Waals surface area contributed by atoms with Crippen LogP contribution < -0.4 is 5.32 Å². The standard InChI is InChI=1S/C14H17FN2O2/c15-11-5-4-6-12(9-11)16-13(18)10-17-8-3-1-2-7-14(17)19/h4-6,9H,1-3,7-8,10H2,(H,16,18). The van der Waals surface area contributed by atoms with Crippen LogP contribution in [0.25, 0.3) is 0 Å². The second-order valence-electron chi connectivity index (χ2n) is 4.68. The lowest BCUT2D eigenvalue weighted by molar-refractivity contribution is -0.134. The van der Waals surface area contributed by atoms with Gasteiger partial charge in [0.25, 0.3) is 0 Å². The van der Waals surface area contributed by atoms with Crippen molar-refractivity contribution in [1.29, 1.82) is 0 Å². The topological polar surface area (TPSA) is 49.4 Å². The second kappa shape index (κ2) is 6.31. The van der Waals surface area contributed by atoms with Gasteiger partial charge in [-0.25, -0.2) is 4.39 Å². The number of carbonyl (C=O) groups is 2. The quantitative estimate of drug-likeness (QED) is 0.909. The van der Waals surface area contributed by atoms with Gasteiger partial charge in [0.05, 0.1) is 6.54 Å². The molecule has 19 heavy (non-hydrogen) atoms. The zero-order valence-electron chi connectivity index (χ0n) is 10.7. The molecule has 5 heteroatoms. The van der Waals surface area contributed by atoms with E-state index < -0.39 is 5.82 Å². The Labute approximate surface area is 111 Å². The number of amides is 2. The molecule has 0 unspecified atom stereocenters. The molecule has 1 fully saturated rings. The second-order valence-corrected chi connectivity index (χ2v) is 4.68. The molecule has 0 radical (unpaired) electrons. The monoisotopic (exact) mass is 264 g/mol. The van der Waals surface area contributed by atoms with Crippen LogP contribution in [0.5, 0.6) is 0 Å². The molecule has 0 aromatic heterocycles. The highest BCUT2D eigenvalue weighted by molar-refractivity contribution is 5.94. The minimum absolute atomic E-state index is 0.0203. The minimum Gasteiger partial charge on any atom is -0.333 e. The SMILES string of the molecule is O=C(CN1CCCCCC1=O)Nc1cccc(F)c1. The predicted octanol–water partition coefficient (Wildman–Crippen LogP) is 2.17. The minimum atomic E-state index is -0.399. The molecule has 1 aliphatic heterocycles. The van der Waals surface area contributed by atoms with Crippen molar-refractivity contribution in [2.45, 2.75) is 25.7 Å². The number of nitrogens with one attached hydrogen (secondary N) is 1. The van der Waals surface area contributed by atoms with Crippen LogP contribution in [0.3, 0.4) is 0 Å². The average molecular weight is 264 g/mol. The van der Waals surface area contributed by atoms with E-state index in [1.165, 1.54) is 18.2 Å². The van der Waals surface area contributed by atoms with Gasteiger partial charge in [-0.3, -0.25) is 9.59 Å². The van der Waals surface area contributed by atoms with Crippen LogP contribution in [-0.4, -0.2) is 29.8 Å². The van der Waals surface area contributed by atoms with Crippen molar-refractivity contribution in [3.05, 3.63) is 30.1 Å². The van der Waals surface area contributed by atoms with E-state index in [1.54, 1.807) is 11.0 Å². The smallest absolute Gasteiger partial charge is 0.243 e. The van der Waals surface area contributed by atoms with Crippen molar-refractivity contribution in [3.63, 3.8) is 0 Å². The number of likely N-dealkylation sites (tertiary alicyclic amines) is 1. The molecule has 1 aromatic rings. The van der Waals surface area contributed by atoms with Crippen molar-refractivity contribution >= 4 is 17.5 Å². The Morgan fingerprint density at radius 3 is 2.95 bits per heavy atom. The van der Waals surface area contributed by atoms with E-state index in [2.05, 4.69) is 5.32 Å². The van der Waals surface area contributed by atoms with E-state index in [0.29, 0.717) is 18.7 Å². The predicted molar refractivity (Wildman–Crippen MR) is 70.1 cm³/mol. The van der Waals surface area contributed by atoms with Crippen LogP contribution in [0.1, 0.15) is 25.7 Å². The van der Waals surface area contributed by atoms with Crippen LogP contribution in [0.2, 0.25) is 0 Å². The molecular formula is C14H17FN2O2. The molecule has 0 aliphatic carbocycles. The highest BCUT2D eigenvalue weighted by Gasteiger charge is 2.19. The number of hydrogen-bond acceptors (Lipinski definition) is 2. The Balaban J connectivity index is 1.91. The summed E-state index contributed by atoms with van der Waals surface area (Å²) in [5.74, 6) is -0.670. The lowest BCUT2D eigenvalue weighted by atomic mass is 10.2. The zero-order valence-corrected chi connectivity index (χ0v) is 10.7. The number of anilines is 1. The van der Waals surface area contributed by atoms with Gasteiger partial charge in [-0.2, -0.15) is 0 Å². The summed E-state index contributed by atoms with van der Waals surface area (Å²) in [4.78, 5) is 25.1. The highest BCUT2D eigenvalue weighted by Crippen LogP contribution is 2.12. The first kappa shape index (κ1) is 13.5. The number of halogens is 1. The molecule has 1 N–H and O–H groups in total. The van der Waals surface area contributed by atoms with Gasteiger partial charge < -0.3 is 10.2 Å². The van der Waals surface area contributed by atoms with E-state index in [-0.39, 0.29) is 18.4 Å². The summed E-state index contributed by atoms with van der Waals surface area (Å²) in [6.45, 7) is 0.657. The molecule has 0 atom stereocenters. The largest absolute Gasteiger partial charge is 0.333 e. The molecule has 1 aromatic carbocycles. The Morgan fingerprint density at radius 2 is 2.16 bits per heavy atom. The van der Waals surface area contributed by atoms with Gasteiger partial charge in [-0.1, -0.05) is 12.5 Å². The molecule has 2 rings (SSSR count). The van der Waals surface area contributed by atoms with Crippen LogP contribution in [0.15, 0.2) is 24.3 Å². The van der Waals surface area contributed by atoms with E-state index >= 15 is 0 Å². The van der Waals surface area contributed by atoms with Gasteiger partial charge in [0, 0.05) is 18.7 Å². The summed E-state index contributed by atoms with van der Waals surface area (Å²) in [7, 11) is 0. The van der Waals surface area contributed by atoms with Crippen molar-refractivity contribution in [2.75, 3.05) is 18.4 Å². The van der Waals surface area contributed by atoms with Gasteiger partial charge in [-0.05, 0) is 31.0 Å². The third-order valence-electron chi connectivity index (χ3n) is 3.11. The van der Waals surface area contributed by atoms with Crippen LogP contribution in [-0.2, 0) is 9.59 Å². The summed E-state index contributed by atoms with van der Waals surface area (Å²) in [5.41, 5.74) is 0.410. The Bertz CT molecular complexity index is 476. The van der Waals surface area contributed by atoms with Crippen molar-refractivity contribution in [1.82, 2.24) is 4.90 Å². The number of rotatable bonds is 3. The van der Waals surface area contributed by atoms with Crippen LogP contribution in [0, 0.1) is 5.82 Å². The molecule has 2 amide bonds. The molecule has 0 saturated carbocycles. The Hall–Kier alpha value is -1.91. The van der Waals surface area contributed by atoms with Crippen LogP contribution in [0.4, 0.5) is 10.1 Å².